The van der Waals surface area contributed by atoms with Crippen LogP contribution < -0.4 is 16.0 Å². The molecule has 0 fully saturated rings. The molecule has 0 bridgehead atoms. The molecule has 1 aromatic rings. The Kier molecular flexibility index (Phi) is 8.02. The highest BCUT2D eigenvalue weighted by molar-refractivity contribution is 7.39. The van der Waals surface area contributed by atoms with Crippen molar-refractivity contribution in [3.63, 3.8) is 0 Å². The van der Waals surface area contributed by atoms with Crippen molar-refractivity contribution in [1.29, 1.82) is 0 Å². The molecule has 0 saturated heterocycles. The highest BCUT2D eigenvalue weighted by atomic mass is 31.2. The maximum Gasteiger partial charge on any atom is 0.391 e. The monoisotopic (exact) mass is 290 g/mol. The number of benzene rings is 1. The second-order valence-electron chi connectivity index (χ2n) is 3.36. The number of nitrogens with two attached hydrogens (primary N) is 2. The van der Waals surface area contributed by atoms with E-state index in [1.807, 2.05) is 13.8 Å². The van der Waals surface area contributed by atoms with E-state index in [1.165, 1.54) is 18.2 Å². The first-order chi connectivity index (χ1) is 8.90. The van der Waals surface area contributed by atoms with Gasteiger partial charge in [-0.25, -0.2) is 0 Å². The fourth-order valence-corrected chi connectivity index (χ4v) is 1.54. The second kappa shape index (κ2) is 8.66. The van der Waals surface area contributed by atoms with Gasteiger partial charge in [-0.2, -0.15) is 0 Å². The maximum absolute atomic E-state index is 10.7. The van der Waals surface area contributed by atoms with E-state index in [4.69, 9.17) is 21.3 Å². The minimum atomic E-state index is -2.59. The van der Waals surface area contributed by atoms with Gasteiger partial charge in [0.1, 0.15) is 0 Å². The number of carbonyl (C=O) groups excluding carboxylic acids is 1. The number of amides is 1. The molecule has 0 aromatic heterocycles. The average molecular weight is 290 g/mol. The summed E-state index contributed by atoms with van der Waals surface area (Å²) in [5.74, 6) is -0.966. The molecule has 1 amide bonds. The number of carbonyl (C=O) groups is 1. The van der Waals surface area contributed by atoms with Gasteiger partial charge in [-0.3, -0.25) is 4.79 Å². The van der Waals surface area contributed by atoms with Gasteiger partial charge in [0, 0.05) is 0 Å². The van der Waals surface area contributed by atoms with E-state index in [-0.39, 0.29) is 17.9 Å². The Bertz CT molecular complexity index is 414. The standard InChI is InChI=1S/C9H13N2O5P.C2H6/c10-6(9(11)13)3-5-1-2-8(7(12)4-5)16-17(14)15;1-2/h1-2,4,6,12,14-15H,3,10H2,(H2,11,13);1-2H3. The van der Waals surface area contributed by atoms with Crippen molar-refractivity contribution >= 4 is 14.5 Å². The van der Waals surface area contributed by atoms with Crippen molar-refractivity contribution in [2.75, 3.05) is 0 Å². The van der Waals surface area contributed by atoms with Crippen LogP contribution in [-0.2, 0) is 11.2 Å². The molecule has 108 valence electrons. The summed E-state index contributed by atoms with van der Waals surface area (Å²) in [5, 5.41) is 9.50. The van der Waals surface area contributed by atoms with Crippen molar-refractivity contribution in [2.24, 2.45) is 11.5 Å². The topological polar surface area (TPSA) is 139 Å². The van der Waals surface area contributed by atoms with E-state index in [2.05, 4.69) is 4.52 Å². The molecule has 1 rings (SSSR count). The quantitative estimate of drug-likeness (QED) is 0.496. The lowest BCUT2D eigenvalue weighted by atomic mass is 10.1. The smallest absolute Gasteiger partial charge is 0.391 e. The van der Waals surface area contributed by atoms with Gasteiger partial charge in [0.25, 0.3) is 0 Å². The summed E-state index contributed by atoms with van der Waals surface area (Å²) in [7, 11) is -2.59. The van der Waals surface area contributed by atoms with Gasteiger partial charge in [0.05, 0.1) is 6.04 Å². The molecular formula is C11H19N2O5P. The van der Waals surface area contributed by atoms with E-state index >= 15 is 0 Å². The van der Waals surface area contributed by atoms with Gasteiger partial charge < -0.3 is 30.9 Å². The molecule has 0 saturated carbocycles. The molecule has 0 aliphatic rings. The summed E-state index contributed by atoms with van der Waals surface area (Å²) in [4.78, 5) is 28.0. The predicted molar refractivity (Wildman–Crippen MR) is 72.3 cm³/mol. The Morgan fingerprint density at radius 1 is 1.42 bits per heavy atom. The van der Waals surface area contributed by atoms with E-state index in [9.17, 15) is 9.90 Å². The number of hydrogen-bond donors (Lipinski definition) is 5. The first-order valence-electron chi connectivity index (χ1n) is 5.62. The highest BCUT2D eigenvalue weighted by Crippen LogP contribution is 2.35. The van der Waals surface area contributed by atoms with Crippen LogP contribution in [0.3, 0.4) is 0 Å². The third-order valence-electron chi connectivity index (χ3n) is 2.02. The first-order valence-corrected chi connectivity index (χ1v) is 6.79. The minimum Gasteiger partial charge on any atom is -0.504 e. The van der Waals surface area contributed by atoms with Crippen LogP contribution in [0.15, 0.2) is 18.2 Å². The number of phenols is 1. The Morgan fingerprint density at radius 2 is 2.00 bits per heavy atom. The number of rotatable bonds is 5. The summed E-state index contributed by atoms with van der Waals surface area (Å²) in [5.41, 5.74) is 11.0. The van der Waals surface area contributed by atoms with Gasteiger partial charge in [0.2, 0.25) is 5.91 Å². The molecule has 7 N–H and O–H groups in total. The largest absolute Gasteiger partial charge is 0.504 e. The van der Waals surface area contributed by atoms with Crippen molar-refractivity contribution < 1.29 is 24.2 Å². The van der Waals surface area contributed by atoms with Crippen LogP contribution in [-0.4, -0.2) is 26.8 Å². The molecule has 0 aliphatic carbocycles. The van der Waals surface area contributed by atoms with Crippen molar-refractivity contribution in [1.82, 2.24) is 0 Å². The van der Waals surface area contributed by atoms with Gasteiger partial charge in [-0.15, -0.1) is 0 Å². The maximum atomic E-state index is 10.7. The van der Waals surface area contributed by atoms with Crippen molar-refractivity contribution in [3.05, 3.63) is 23.8 Å². The lowest BCUT2D eigenvalue weighted by Gasteiger charge is -2.10. The van der Waals surface area contributed by atoms with Gasteiger partial charge in [-0.1, -0.05) is 19.9 Å². The van der Waals surface area contributed by atoms with Gasteiger partial charge in [0.15, 0.2) is 11.5 Å². The summed E-state index contributed by atoms with van der Waals surface area (Å²) >= 11 is 0. The fraction of sp³-hybridized carbons (Fsp3) is 0.364. The second-order valence-corrected chi connectivity index (χ2v) is 4.05. The Morgan fingerprint density at radius 3 is 2.42 bits per heavy atom. The van der Waals surface area contributed by atoms with E-state index in [0.717, 1.165) is 0 Å². The number of aromatic hydroxyl groups is 1. The zero-order chi connectivity index (χ0) is 15.0. The lowest BCUT2D eigenvalue weighted by molar-refractivity contribution is -0.119. The number of primary amides is 1. The van der Waals surface area contributed by atoms with Crippen LogP contribution in [0.25, 0.3) is 0 Å². The average Bonchev–Trinajstić information content (AvgIpc) is 2.34. The number of hydrogen-bond acceptors (Lipinski definition) is 6. The predicted octanol–water partition coefficient (Wildman–Crippen LogP) is 0.364. The van der Waals surface area contributed by atoms with Gasteiger partial charge in [-0.05, 0) is 24.1 Å². The molecule has 8 heteroatoms. The van der Waals surface area contributed by atoms with E-state index in [1.54, 1.807) is 0 Å². The SMILES string of the molecule is CC.NC(=O)C(N)Cc1ccc(OP(O)O)c(O)c1. The van der Waals surface area contributed by atoms with Crippen LogP contribution >= 0.6 is 8.60 Å². The number of phenolic OH excluding ortho intramolecular Hbond substituents is 1. The molecule has 1 unspecified atom stereocenters. The Labute approximate surface area is 112 Å². The molecule has 0 radical (unpaired) electrons. The highest BCUT2D eigenvalue weighted by Gasteiger charge is 2.13. The van der Waals surface area contributed by atoms with Crippen LogP contribution in [0.5, 0.6) is 11.5 Å². The molecule has 0 spiro atoms. The molecule has 1 atom stereocenters. The molecule has 0 aliphatic heterocycles. The van der Waals surface area contributed by atoms with E-state index < -0.39 is 20.6 Å². The summed E-state index contributed by atoms with van der Waals surface area (Å²) in [6, 6.07) is 3.36. The molecule has 0 heterocycles. The lowest BCUT2D eigenvalue weighted by Crippen LogP contribution is -2.38. The molecule has 7 nitrogen and oxygen atoms in total. The van der Waals surface area contributed by atoms with Crippen LogP contribution in [0, 0.1) is 0 Å². The Hall–Kier alpha value is -1.40. The first kappa shape index (κ1) is 17.6. The molecular weight excluding hydrogens is 271 g/mol. The normalized spacial score (nSPS) is 11.5. The summed E-state index contributed by atoms with van der Waals surface area (Å²) in [6.07, 6.45) is 0.177. The van der Waals surface area contributed by atoms with E-state index in [0.29, 0.717) is 5.56 Å². The van der Waals surface area contributed by atoms with Crippen molar-refractivity contribution in [3.8, 4) is 11.5 Å². The zero-order valence-electron chi connectivity index (χ0n) is 10.8. The third-order valence-corrected chi connectivity index (χ3v) is 2.38. The summed E-state index contributed by atoms with van der Waals surface area (Å²) in [6.45, 7) is 4.00. The van der Waals surface area contributed by atoms with Crippen molar-refractivity contribution in [2.45, 2.75) is 26.3 Å². The Balaban J connectivity index is 0.00000154. The van der Waals surface area contributed by atoms with Crippen LogP contribution in [0.2, 0.25) is 0 Å². The zero-order valence-corrected chi connectivity index (χ0v) is 11.7. The van der Waals surface area contributed by atoms with Crippen LogP contribution in [0.1, 0.15) is 19.4 Å². The summed E-state index contributed by atoms with van der Waals surface area (Å²) < 4.78 is 4.56. The fourth-order valence-electron chi connectivity index (χ4n) is 1.21. The van der Waals surface area contributed by atoms with Crippen LogP contribution in [0.4, 0.5) is 0 Å². The molecule has 19 heavy (non-hydrogen) atoms. The van der Waals surface area contributed by atoms with Gasteiger partial charge >= 0.3 is 8.60 Å². The third kappa shape index (κ3) is 6.35. The minimum absolute atomic E-state index is 0.0579. The molecule has 1 aromatic carbocycles.